The van der Waals surface area contributed by atoms with E-state index in [0.717, 1.165) is 18.5 Å². The van der Waals surface area contributed by atoms with Crippen LogP contribution in [0.4, 0.5) is 0 Å². The van der Waals surface area contributed by atoms with Crippen LogP contribution in [0.25, 0.3) is 0 Å². The predicted octanol–water partition coefficient (Wildman–Crippen LogP) is 5.96. The van der Waals surface area contributed by atoms with Crippen LogP contribution >= 0.6 is 0 Å². The maximum Gasteiger partial charge on any atom is 0.0664 e. The molecule has 0 fully saturated rings. The average Bonchev–Trinajstić information content (AvgIpc) is 2.48. The molecule has 2 nitrogen and oxygen atoms in total. The summed E-state index contributed by atoms with van der Waals surface area (Å²) in [5.74, 6) is 0.111. The van der Waals surface area contributed by atoms with Crippen LogP contribution < -0.4 is 5.73 Å². The highest BCUT2D eigenvalue weighted by Gasteiger charge is 2.31. The third-order valence-electron chi connectivity index (χ3n) is 3.98. The lowest BCUT2D eigenvalue weighted by molar-refractivity contribution is 0.291. The molecule has 0 spiro atoms. The van der Waals surface area contributed by atoms with Gasteiger partial charge < -0.3 is 5.73 Å². The molecular weight excluding hydrogens is 256 g/mol. The normalized spacial score (nSPS) is 21.2. The lowest BCUT2D eigenvalue weighted by Crippen LogP contribution is -2.26. The number of hydrogen-bond acceptors (Lipinski definition) is 2. The Morgan fingerprint density at radius 2 is 1.90 bits per heavy atom. The van der Waals surface area contributed by atoms with Gasteiger partial charge in [-0.3, -0.25) is 0 Å². The molecule has 1 rings (SSSR count). The molecule has 0 amide bonds. The summed E-state index contributed by atoms with van der Waals surface area (Å²) in [5, 5.41) is 9.38. The van der Waals surface area contributed by atoms with Gasteiger partial charge >= 0.3 is 0 Å². The molecule has 122 valence electrons. The standard InChI is InChI=1S/C16H26N2.C2H6.CH4/c1-3-4-5-6-7-8-14(13-17)16(2)11-9-15(18)10-12-16;1-2;/h9-11,14H,3-8,12,18H2,1-2H3;1-2H3;1H4. The zero-order chi connectivity index (χ0) is 15.4. The van der Waals surface area contributed by atoms with Crippen molar-refractivity contribution in [3.05, 3.63) is 23.9 Å². The summed E-state index contributed by atoms with van der Waals surface area (Å²) < 4.78 is 0. The van der Waals surface area contributed by atoms with Crippen molar-refractivity contribution in [2.75, 3.05) is 0 Å². The van der Waals surface area contributed by atoms with E-state index in [1.54, 1.807) is 0 Å². The SMILES string of the molecule is C.CC.CCCCCCCC(C#N)C1(C)C=CC(N)=CC1. The van der Waals surface area contributed by atoms with Crippen LogP contribution in [-0.4, -0.2) is 0 Å². The first kappa shape index (κ1) is 22.1. The number of nitriles is 1. The van der Waals surface area contributed by atoms with Gasteiger partial charge in [0.2, 0.25) is 0 Å². The molecule has 2 atom stereocenters. The number of rotatable bonds is 7. The van der Waals surface area contributed by atoms with E-state index in [0.29, 0.717) is 0 Å². The monoisotopic (exact) mass is 292 g/mol. The highest BCUT2D eigenvalue weighted by atomic mass is 14.6. The van der Waals surface area contributed by atoms with E-state index in [2.05, 4.69) is 26.0 Å². The van der Waals surface area contributed by atoms with E-state index in [4.69, 9.17) is 5.73 Å². The fourth-order valence-electron chi connectivity index (χ4n) is 2.51. The molecule has 0 aromatic heterocycles. The summed E-state index contributed by atoms with van der Waals surface area (Å²) in [4.78, 5) is 0. The molecule has 0 bridgehead atoms. The van der Waals surface area contributed by atoms with Gasteiger partial charge in [-0.25, -0.2) is 0 Å². The molecule has 2 heteroatoms. The number of unbranched alkanes of at least 4 members (excludes halogenated alkanes) is 4. The molecule has 0 aliphatic heterocycles. The predicted molar refractivity (Wildman–Crippen MR) is 94.7 cm³/mol. The molecule has 1 aliphatic carbocycles. The van der Waals surface area contributed by atoms with Crippen molar-refractivity contribution >= 4 is 0 Å². The van der Waals surface area contributed by atoms with Gasteiger partial charge in [0.1, 0.15) is 0 Å². The fourth-order valence-corrected chi connectivity index (χ4v) is 2.51. The van der Waals surface area contributed by atoms with E-state index in [1.807, 2.05) is 26.0 Å². The van der Waals surface area contributed by atoms with Gasteiger partial charge in [-0.1, -0.05) is 79.4 Å². The largest absolute Gasteiger partial charge is 0.399 e. The van der Waals surface area contributed by atoms with Crippen molar-refractivity contribution in [3.8, 4) is 6.07 Å². The Morgan fingerprint density at radius 3 is 2.38 bits per heavy atom. The van der Waals surface area contributed by atoms with Crippen LogP contribution in [0.2, 0.25) is 0 Å². The van der Waals surface area contributed by atoms with Gasteiger partial charge in [-0.05, 0) is 18.9 Å². The molecule has 0 saturated carbocycles. The Balaban J connectivity index is 0. The van der Waals surface area contributed by atoms with Crippen molar-refractivity contribution in [3.63, 3.8) is 0 Å². The van der Waals surface area contributed by atoms with Gasteiger partial charge in [0.15, 0.2) is 0 Å². The summed E-state index contributed by atoms with van der Waals surface area (Å²) >= 11 is 0. The smallest absolute Gasteiger partial charge is 0.0664 e. The van der Waals surface area contributed by atoms with Crippen molar-refractivity contribution in [2.24, 2.45) is 17.1 Å². The van der Waals surface area contributed by atoms with Crippen LogP contribution in [0.3, 0.4) is 0 Å². The second-order valence-corrected chi connectivity index (χ2v) is 5.63. The molecule has 0 saturated heterocycles. The fraction of sp³-hybridized carbons (Fsp3) is 0.737. The molecule has 1 aliphatic rings. The molecule has 2 unspecified atom stereocenters. The minimum absolute atomic E-state index is 0. The van der Waals surface area contributed by atoms with Crippen molar-refractivity contribution in [1.82, 2.24) is 0 Å². The zero-order valence-electron chi connectivity index (χ0n) is 13.8. The van der Waals surface area contributed by atoms with Gasteiger partial charge in [0.05, 0.1) is 12.0 Å². The van der Waals surface area contributed by atoms with E-state index in [9.17, 15) is 5.26 Å². The van der Waals surface area contributed by atoms with Crippen LogP contribution in [0, 0.1) is 22.7 Å². The van der Waals surface area contributed by atoms with Crippen LogP contribution in [-0.2, 0) is 0 Å². The average molecular weight is 293 g/mol. The van der Waals surface area contributed by atoms with Gasteiger partial charge in [0, 0.05) is 11.1 Å². The first-order valence-corrected chi connectivity index (χ1v) is 8.17. The van der Waals surface area contributed by atoms with E-state index in [-0.39, 0.29) is 18.8 Å². The van der Waals surface area contributed by atoms with Gasteiger partial charge in [0.25, 0.3) is 0 Å². The lowest BCUT2D eigenvalue weighted by atomic mass is 9.71. The van der Waals surface area contributed by atoms with Crippen LogP contribution in [0.1, 0.15) is 80.1 Å². The zero-order valence-corrected chi connectivity index (χ0v) is 13.8. The van der Waals surface area contributed by atoms with Crippen molar-refractivity contribution in [1.29, 1.82) is 5.26 Å². The molecule has 21 heavy (non-hydrogen) atoms. The van der Waals surface area contributed by atoms with Gasteiger partial charge in [-0.2, -0.15) is 5.26 Å². The van der Waals surface area contributed by atoms with Gasteiger partial charge in [-0.15, -0.1) is 0 Å². The number of nitrogens with zero attached hydrogens (tertiary/aromatic N) is 1. The van der Waals surface area contributed by atoms with E-state index >= 15 is 0 Å². The Labute approximate surface area is 133 Å². The molecular formula is C19H36N2. The topological polar surface area (TPSA) is 49.8 Å². The number of allylic oxidation sites excluding steroid dienone is 3. The van der Waals surface area contributed by atoms with Crippen LogP contribution in [0.15, 0.2) is 23.9 Å². The first-order valence-electron chi connectivity index (χ1n) is 8.17. The van der Waals surface area contributed by atoms with E-state index in [1.165, 1.54) is 32.1 Å². The molecule has 2 N–H and O–H groups in total. The molecule has 0 aromatic rings. The summed E-state index contributed by atoms with van der Waals surface area (Å²) in [7, 11) is 0. The molecule has 0 aromatic carbocycles. The summed E-state index contributed by atoms with van der Waals surface area (Å²) in [6.45, 7) is 8.40. The second-order valence-electron chi connectivity index (χ2n) is 5.63. The van der Waals surface area contributed by atoms with E-state index < -0.39 is 0 Å². The second kappa shape index (κ2) is 12.5. The van der Waals surface area contributed by atoms with Crippen LogP contribution in [0.5, 0.6) is 0 Å². The number of nitrogens with two attached hydrogens (primary N) is 1. The molecule has 0 heterocycles. The lowest BCUT2D eigenvalue weighted by Gasteiger charge is -2.32. The summed E-state index contributed by atoms with van der Waals surface area (Å²) in [6, 6.07) is 2.50. The Morgan fingerprint density at radius 1 is 1.29 bits per heavy atom. The molecule has 0 radical (unpaired) electrons. The Bertz CT molecular complexity index is 349. The van der Waals surface area contributed by atoms with Crippen molar-refractivity contribution in [2.45, 2.75) is 80.1 Å². The maximum absolute atomic E-state index is 9.38. The third-order valence-corrected chi connectivity index (χ3v) is 3.98. The Hall–Kier alpha value is -1.23. The Kier molecular flexibility index (Phi) is 13.1. The third kappa shape index (κ3) is 7.95. The highest BCUT2D eigenvalue weighted by Crippen LogP contribution is 2.38. The van der Waals surface area contributed by atoms with Crippen molar-refractivity contribution < 1.29 is 0 Å². The quantitative estimate of drug-likeness (QED) is 0.589. The summed E-state index contributed by atoms with van der Waals surface area (Å²) in [6.07, 6.45) is 14.3. The highest BCUT2D eigenvalue weighted by molar-refractivity contribution is 5.25. The summed E-state index contributed by atoms with van der Waals surface area (Å²) in [5.41, 5.74) is 6.54. The first-order chi connectivity index (χ1) is 9.62. The number of hydrogen-bond donors (Lipinski definition) is 1. The maximum atomic E-state index is 9.38. The minimum Gasteiger partial charge on any atom is -0.399 e. The minimum atomic E-state index is -0.0254.